The average molecular weight is 485 g/mol. The molecule has 11 heteroatoms. The first-order chi connectivity index (χ1) is 13.9. The van der Waals surface area contributed by atoms with E-state index in [1.807, 2.05) is 11.8 Å². The molecule has 31 heavy (non-hydrogen) atoms. The molecule has 0 aromatic heterocycles. The smallest absolute Gasteiger partial charge is 0.236 e. The van der Waals surface area contributed by atoms with Crippen molar-refractivity contribution in [2.75, 3.05) is 66.1 Å². The van der Waals surface area contributed by atoms with E-state index in [1.165, 1.54) is 0 Å². The highest BCUT2D eigenvalue weighted by molar-refractivity contribution is 5.85. The minimum absolute atomic E-state index is 0. The number of piperidine rings is 1. The lowest BCUT2D eigenvalue weighted by Gasteiger charge is -2.53. The molecular formula is C20H38Cl2N4O5. The lowest BCUT2D eigenvalue weighted by Crippen LogP contribution is -2.69. The molecule has 0 radical (unpaired) electrons. The van der Waals surface area contributed by atoms with Crippen LogP contribution in [-0.4, -0.2) is 110 Å². The van der Waals surface area contributed by atoms with Gasteiger partial charge < -0.3 is 30.1 Å². The van der Waals surface area contributed by atoms with Crippen LogP contribution < -0.4 is 10.6 Å². The molecule has 182 valence electrons. The number of amides is 2. The third-order valence-electron chi connectivity index (χ3n) is 6.60. The van der Waals surface area contributed by atoms with Crippen LogP contribution in [0.5, 0.6) is 0 Å². The van der Waals surface area contributed by atoms with E-state index in [-0.39, 0.29) is 43.0 Å². The molecule has 3 N–H and O–H groups in total. The van der Waals surface area contributed by atoms with Gasteiger partial charge in [0.2, 0.25) is 11.8 Å². The zero-order valence-electron chi connectivity index (χ0n) is 18.6. The topological polar surface area (TPSA) is 103 Å². The van der Waals surface area contributed by atoms with Crippen LogP contribution in [0.1, 0.15) is 32.6 Å². The van der Waals surface area contributed by atoms with Gasteiger partial charge in [-0.2, -0.15) is 0 Å². The van der Waals surface area contributed by atoms with Gasteiger partial charge in [0.05, 0.1) is 24.3 Å². The number of nitrogens with one attached hydrogen (secondary N) is 2. The van der Waals surface area contributed by atoms with Crippen LogP contribution in [0.25, 0.3) is 0 Å². The van der Waals surface area contributed by atoms with Crippen LogP contribution in [0.2, 0.25) is 0 Å². The maximum atomic E-state index is 12.5. The Balaban J connectivity index is 0.00000240. The quantitative estimate of drug-likeness (QED) is 0.479. The van der Waals surface area contributed by atoms with Crippen molar-refractivity contribution in [3.05, 3.63) is 0 Å². The monoisotopic (exact) mass is 484 g/mol. The average Bonchev–Trinajstić information content (AvgIpc) is 2.73. The number of aliphatic hydroxyl groups is 1. The van der Waals surface area contributed by atoms with Gasteiger partial charge >= 0.3 is 0 Å². The third-order valence-corrected chi connectivity index (χ3v) is 6.60. The molecule has 0 bridgehead atoms. The summed E-state index contributed by atoms with van der Waals surface area (Å²) in [6.45, 7) is 7.79. The van der Waals surface area contributed by atoms with Gasteiger partial charge in [-0.05, 0) is 26.2 Å². The summed E-state index contributed by atoms with van der Waals surface area (Å²) >= 11 is 0. The number of nitrogens with zero attached hydrogens (tertiary/aromatic N) is 2. The molecule has 3 aliphatic rings. The molecular weight excluding hydrogens is 447 g/mol. The largest absolute Gasteiger partial charge is 0.388 e. The van der Waals surface area contributed by atoms with Gasteiger partial charge in [-0.15, -0.1) is 24.8 Å². The standard InChI is InChI=1S/C20H36N4O5.2ClH/c1-19(22-16(25)3-13-28-2)6-14-29-20(18(19)27)4-9-23(10-5-20)15-17(26)24-11-7-21-8-12-24;;/h18,21,27H,3-15H2,1-2H3,(H,22,25);2*1H/t18-,19+;;/m0../s1. The van der Waals surface area contributed by atoms with Crippen molar-refractivity contribution in [1.82, 2.24) is 20.4 Å². The summed E-state index contributed by atoms with van der Waals surface area (Å²) in [5, 5.41) is 17.4. The maximum Gasteiger partial charge on any atom is 0.236 e. The number of aliphatic hydroxyl groups excluding tert-OH is 1. The van der Waals surface area contributed by atoms with Gasteiger partial charge in [-0.3, -0.25) is 14.5 Å². The van der Waals surface area contributed by atoms with E-state index in [0.717, 1.165) is 26.2 Å². The number of carbonyl (C=O) groups excluding carboxylic acids is 2. The Morgan fingerprint density at radius 3 is 2.42 bits per heavy atom. The molecule has 2 atom stereocenters. The number of hydrogen-bond acceptors (Lipinski definition) is 7. The highest BCUT2D eigenvalue weighted by Gasteiger charge is 2.53. The first-order valence-corrected chi connectivity index (χ1v) is 10.7. The zero-order valence-corrected chi connectivity index (χ0v) is 20.2. The molecule has 2 amide bonds. The summed E-state index contributed by atoms with van der Waals surface area (Å²) in [5.74, 6) is 0.0484. The van der Waals surface area contributed by atoms with Crippen LogP contribution in [-0.2, 0) is 19.1 Å². The summed E-state index contributed by atoms with van der Waals surface area (Å²) in [7, 11) is 1.56. The molecule has 3 heterocycles. The SMILES string of the molecule is COCCC(=O)N[C@]1(C)CCOC2(CCN(CC(=O)N3CCNCC3)CC2)[C@H]1O.Cl.Cl. The second kappa shape index (κ2) is 12.5. The summed E-state index contributed by atoms with van der Waals surface area (Å²) < 4.78 is 11.1. The number of piperazine rings is 1. The van der Waals surface area contributed by atoms with Gasteiger partial charge in [0.25, 0.3) is 0 Å². The molecule has 1 spiro atoms. The predicted octanol–water partition coefficient (Wildman–Crippen LogP) is -0.211. The van der Waals surface area contributed by atoms with Gasteiger partial charge in [-0.1, -0.05) is 0 Å². The van der Waals surface area contributed by atoms with Gasteiger partial charge in [-0.25, -0.2) is 0 Å². The van der Waals surface area contributed by atoms with E-state index in [2.05, 4.69) is 15.5 Å². The van der Waals surface area contributed by atoms with Crippen molar-refractivity contribution in [1.29, 1.82) is 0 Å². The van der Waals surface area contributed by atoms with Crippen LogP contribution in [0, 0.1) is 0 Å². The normalized spacial score (nSPS) is 28.4. The molecule has 3 rings (SSSR count). The number of rotatable bonds is 6. The third kappa shape index (κ3) is 6.90. The fourth-order valence-corrected chi connectivity index (χ4v) is 4.68. The van der Waals surface area contributed by atoms with Crippen LogP contribution in [0.15, 0.2) is 0 Å². The fraction of sp³-hybridized carbons (Fsp3) is 0.900. The minimum Gasteiger partial charge on any atom is -0.388 e. The number of likely N-dealkylation sites (tertiary alicyclic amines) is 1. The molecule has 9 nitrogen and oxygen atoms in total. The zero-order chi connectivity index (χ0) is 20.9. The molecule has 3 fully saturated rings. The summed E-state index contributed by atoms with van der Waals surface area (Å²) in [6.07, 6.45) is 1.34. The Kier molecular flexibility index (Phi) is 11.5. The fourth-order valence-electron chi connectivity index (χ4n) is 4.68. The van der Waals surface area contributed by atoms with Crippen molar-refractivity contribution in [3.63, 3.8) is 0 Å². The number of carbonyl (C=O) groups is 2. The first-order valence-electron chi connectivity index (χ1n) is 10.7. The van der Waals surface area contributed by atoms with Crippen molar-refractivity contribution in [2.45, 2.75) is 49.9 Å². The molecule has 0 aliphatic carbocycles. The van der Waals surface area contributed by atoms with Crippen molar-refractivity contribution in [2.24, 2.45) is 0 Å². The Bertz CT molecular complexity index is 586. The molecule has 3 aliphatic heterocycles. The highest BCUT2D eigenvalue weighted by atomic mass is 35.5. The number of hydrogen-bond donors (Lipinski definition) is 3. The van der Waals surface area contributed by atoms with E-state index < -0.39 is 17.2 Å². The van der Waals surface area contributed by atoms with Crippen molar-refractivity contribution >= 4 is 36.6 Å². The Hall–Kier alpha value is -0.680. The van der Waals surface area contributed by atoms with Crippen molar-refractivity contribution in [3.8, 4) is 0 Å². The lowest BCUT2D eigenvalue weighted by molar-refractivity contribution is -0.208. The second-order valence-electron chi connectivity index (χ2n) is 8.68. The highest BCUT2D eigenvalue weighted by Crippen LogP contribution is 2.40. The van der Waals surface area contributed by atoms with E-state index in [1.54, 1.807) is 7.11 Å². The van der Waals surface area contributed by atoms with Crippen LogP contribution >= 0.6 is 24.8 Å². The van der Waals surface area contributed by atoms with Crippen LogP contribution in [0.4, 0.5) is 0 Å². The number of halogens is 2. The van der Waals surface area contributed by atoms with E-state index in [4.69, 9.17) is 9.47 Å². The predicted molar refractivity (Wildman–Crippen MR) is 122 cm³/mol. The molecule has 0 aromatic carbocycles. The Morgan fingerprint density at radius 1 is 1.16 bits per heavy atom. The van der Waals surface area contributed by atoms with Gasteiger partial charge in [0.15, 0.2) is 0 Å². The summed E-state index contributed by atoms with van der Waals surface area (Å²) in [5.41, 5.74) is -1.39. The van der Waals surface area contributed by atoms with Gasteiger partial charge in [0, 0.05) is 59.4 Å². The van der Waals surface area contributed by atoms with E-state index in [0.29, 0.717) is 52.1 Å². The van der Waals surface area contributed by atoms with E-state index >= 15 is 0 Å². The maximum absolute atomic E-state index is 12.5. The first kappa shape index (κ1) is 28.4. The number of methoxy groups -OCH3 is 1. The van der Waals surface area contributed by atoms with Crippen molar-refractivity contribution < 1.29 is 24.2 Å². The molecule has 0 aromatic rings. The second-order valence-corrected chi connectivity index (χ2v) is 8.68. The summed E-state index contributed by atoms with van der Waals surface area (Å²) in [4.78, 5) is 28.8. The number of ether oxygens (including phenoxy) is 2. The Labute approximate surface area is 197 Å². The van der Waals surface area contributed by atoms with Crippen LogP contribution in [0.3, 0.4) is 0 Å². The van der Waals surface area contributed by atoms with Gasteiger partial charge in [0.1, 0.15) is 6.10 Å². The van der Waals surface area contributed by atoms with E-state index in [9.17, 15) is 14.7 Å². The molecule has 0 saturated carbocycles. The lowest BCUT2D eigenvalue weighted by atomic mass is 9.73. The minimum atomic E-state index is -0.790. The Morgan fingerprint density at radius 2 is 1.81 bits per heavy atom. The molecule has 0 unspecified atom stereocenters. The molecule has 3 saturated heterocycles. The summed E-state index contributed by atoms with van der Waals surface area (Å²) in [6, 6.07) is 0.